The Morgan fingerprint density at radius 2 is 1.57 bits per heavy atom. The van der Waals surface area contributed by atoms with Crippen LogP contribution in [0, 0.1) is 43.9 Å². The normalized spacial score (nSPS) is 26.7. The van der Waals surface area contributed by atoms with Crippen LogP contribution in [-0.2, 0) is 22.4 Å². The summed E-state index contributed by atoms with van der Waals surface area (Å²) < 4.78 is 18.5. The van der Waals surface area contributed by atoms with Gasteiger partial charge in [0.05, 0.1) is 18.2 Å². The molecule has 0 spiro atoms. The quantitative estimate of drug-likeness (QED) is 0.198. The lowest BCUT2D eigenvalue weighted by Gasteiger charge is -2.60. The summed E-state index contributed by atoms with van der Waals surface area (Å²) in [6.45, 7) is 6.29. The average molecular weight is 739 g/mol. The maximum atomic E-state index is 13.7. The molecule has 0 radical (unpaired) electrons. The van der Waals surface area contributed by atoms with Crippen molar-refractivity contribution in [1.82, 2.24) is 15.1 Å². The fourth-order valence-corrected chi connectivity index (χ4v) is 11.1. The molecule has 4 heterocycles. The molecule has 4 aliphatic heterocycles. The Hall–Kier alpha value is -3.81. The minimum atomic E-state index is -0.508. The first kappa shape index (κ1) is 37.1. The number of carbonyl (C=O) groups excluding carboxylic acids is 2. The highest BCUT2D eigenvalue weighted by Gasteiger charge is 2.56. The van der Waals surface area contributed by atoms with Crippen LogP contribution in [0.1, 0.15) is 141 Å². The van der Waals surface area contributed by atoms with Gasteiger partial charge in [-0.2, -0.15) is 5.26 Å². The van der Waals surface area contributed by atoms with E-state index in [1.165, 1.54) is 64.2 Å². The highest BCUT2D eigenvalue weighted by molar-refractivity contribution is 5.76. The molecular formula is C44H58N4O6. The molecule has 2 N–H and O–H groups in total. The zero-order chi connectivity index (χ0) is 37.7. The second-order valence-electron chi connectivity index (χ2n) is 17.2. The number of ether oxygens (including phenoxy) is 3. The van der Waals surface area contributed by atoms with E-state index in [0.717, 1.165) is 46.2 Å². The molecule has 2 saturated carbocycles. The predicted octanol–water partition coefficient (Wildman–Crippen LogP) is 7.56. The Morgan fingerprint density at radius 3 is 2.26 bits per heavy atom. The molecule has 6 aliphatic rings. The second-order valence-corrected chi connectivity index (χ2v) is 17.2. The van der Waals surface area contributed by atoms with Crippen LogP contribution < -0.4 is 19.5 Å². The number of nitriles is 1. The highest BCUT2D eigenvalue weighted by atomic mass is 16.7. The van der Waals surface area contributed by atoms with Gasteiger partial charge in [-0.1, -0.05) is 70.3 Å². The molecule has 1 saturated heterocycles. The molecule has 5 atom stereocenters. The van der Waals surface area contributed by atoms with Gasteiger partial charge in [0.15, 0.2) is 11.5 Å². The Morgan fingerprint density at radius 1 is 0.907 bits per heavy atom. The van der Waals surface area contributed by atoms with Crippen molar-refractivity contribution in [2.75, 3.05) is 20.4 Å². The van der Waals surface area contributed by atoms with Gasteiger partial charge in [0.2, 0.25) is 12.7 Å². The van der Waals surface area contributed by atoms with Gasteiger partial charge in [-0.25, -0.2) is 0 Å². The van der Waals surface area contributed by atoms with E-state index in [9.17, 15) is 20.0 Å². The van der Waals surface area contributed by atoms with Crippen LogP contribution >= 0.6 is 0 Å². The maximum absolute atomic E-state index is 13.7. The van der Waals surface area contributed by atoms with Crippen molar-refractivity contribution >= 4 is 11.9 Å². The van der Waals surface area contributed by atoms with Crippen LogP contribution in [0.3, 0.4) is 0 Å². The van der Waals surface area contributed by atoms with Crippen molar-refractivity contribution in [3.05, 3.63) is 45.0 Å². The fourth-order valence-electron chi connectivity index (χ4n) is 11.1. The number of fused-ring (bicyclic) bond motifs is 9. The molecule has 54 heavy (non-hydrogen) atoms. The first-order valence-corrected chi connectivity index (χ1v) is 20.8. The number of likely N-dealkylation sites (N-methyl/N-ethyl adjacent to an activating group) is 1. The van der Waals surface area contributed by atoms with E-state index in [-0.39, 0.29) is 49.1 Å². The average Bonchev–Trinajstić information content (AvgIpc) is 3.67. The third-order valence-electron chi connectivity index (χ3n) is 14.1. The number of phenolic OH excluding ortho intramolecular Hbond substituents is 1. The number of esters is 1. The number of amides is 1. The molecule has 2 bridgehead atoms. The Bertz CT molecular complexity index is 1820. The topological polar surface area (TPSA) is 124 Å². The first-order valence-electron chi connectivity index (χ1n) is 20.8. The minimum Gasteiger partial charge on any atom is -0.507 e. The number of phenols is 1. The van der Waals surface area contributed by atoms with E-state index in [4.69, 9.17) is 14.2 Å². The number of nitrogens with zero attached hydrogens (tertiary/aromatic N) is 3. The molecule has 8 rings (SSSR count). The number of hydrogen-bond donors (Lipinski definition) is 2. The van der Waals surface area contributed by atoms with Crippen LogP contribution in [0.2, 0.25) is 0 Å². The van der Waals surface area contributed by atoms with Crippen LogP contribution in [-0.4, -0.2) is 65.3 Å². The van der Waals surface area contributed by atoms with E-state index >= 15 is 0 Å². The summed E-state index contributed by atoms with van der Waals surface area (Å²) in [4.78, 5) is 31.8. The third kappa shape index (κ3) is 6.63. The smallest absolute Gasteiger partial charge is 0.311 e. The predicted molar refractivity (Wildman–Crippen MR) is 205 cm³/mol. The number of rotatable bonds is 9. The summed E-state index contributed by atoms with van der Waals surface area (Å²) in [5.41, 5.74) is 6.35. The number of aromatic hydroxyl groups is 1. The minimum absolute atomic E-state index is 0.0103. The van der Waals surface area contributed by atoms with Gasteiger partial charge in [-0.05, 0) is 82.0 Å². The summed E-state index contributed by atoms with van der Waals surface area (Å²) in [5.74, 6) is 2.95. The van der Waals surface area contributed by atoms with Crippen LogP contribution in [0.4, 0.5) is 0 Å². The van der Waals surface area contributed by atoms with Crippen LogP contribution in [0.5, 0.6) is 23.0 Å². The largest absolute Gasteiger partial charge is 0.507 e. The van der Waals surface area contributed by atoms with Crippen LogP contribution in [0.15, 0.2) is 6.07 Å². The summed E-state index contributed by atoms with van der Waals surface area (Å²) in [5, 5.41) is 26.2. The molecule has 10 nitrogen and oxygen atoms in total. The molecule has 2 aromatic rings. The molecule has 0 aromatic heterocycles. The van der Waals surface area contributed by atoms with Crippen LogP contribution in [0.25, 0.3) is 0 Å². The fraction of sp³-hybridized carbons (Fsp3) is 0.659. The monoisotopic (exact) mass is 738 g/mol. The van der Waals surface area contributed by atoms with Crippen molar-refractivity contribution < 1.29 is 28.9 Å². The molecular weight excluding hydrogens is 681 g/mol. The third-order valence-corrected chi connectivity index (χ3v) is 14.1. The molecule has 290 valence electrons. The lowest BCUT2D eigenvalue weighted by Crippen LogP contribution is -2.68. The summed E-state index contributed by atoms with van der Waals surface area (Å²) in [6, 6.07) is 3.33. The zero-order valence-electron chi connectivity index (χ0n) is 32.7. The van der Waals surface area contributed by atoms with E-state index in [2.05, 4.69) is 41.2 Å². The molecule has 10 heteroatoms. The van der Waals surface area contributed by atoms with Crippen molar-refractivity contribution in [3.8, 4) is 29.1 Å². The van der Waals surface area contributed by atoms with E-state index in [0.29, 0.717) is 60.3 Å². The van der Waals surface area contributed by atoms with Gasteiger partial charge in [-0.3, -0.25) is 19.4 Å². The van der Waals surface area contributed by atoms with Crippen molar-refractivity contribution in [2.24, 2.45) is 11.8 Å². The van der Waals surface area contributed by atoms with Gasteiger partial charge in [0, 0.05) is 53.7 Å². The number of carbonyl (C=O) groups is 2. The van der Waals surface area contributed by atoms with Crippen molar-refractivity contribution in [3.63, 3.8) is 0 Å². The van der Waals surface area contributed by atoms with Gasteiger partial charge < -0.3 is 24.6 Å². The summed E-state index contributed by atoms with van der Waals surface area (Å²) in [7, 11) is 2.09. The van der Waals surface area contributed by atoms with E-state index < -0.39 is 12.1 Å². The number of benzene rings is 2. The number of hydrogen-bond acceptors (Lipinski definition) is 9. The molecule has 2 aromatic carbocycles. The Balaban J connectivity index is 1.16. The molecule has 1 amide bonds. The van der Waals surface area contributed by atoms with Gasteiger partial charge in [-0.15, -0.1) is 0 Å². The Labute approximate surface area is 320 Å². The molecule has 2 aliphatic carbocycles. The first-order chi connectivity index (χ1) is 26.2. The lowest BCUT2D eigenvalue weighted by atomic mass is 9.71. The molecule has 3 fully saturated rings. The van der Waals surface area contributed by atoms with Crippen molar-refractivity contribution in [2.45, 2.75) is 154 Å². The van der Waals surface area contributed by atoms with Gasteiger partial charge >= 0.3 is 5.97 Å². The van der Waals surface area contributed by atoms with Crippen molar-refractivity contribution in [1.29, 1.82) is 5.26 Å². The second kappa shape index (κ2) is 15.4. The van der Waals surface area contributed by atoms with Gasteiger partial charge in [0.25, 0.3) is 0 Å². The van der Waals surface area contributed by atoms with E-state index in [1.54, 1.807) is 0 Å². The SMILES string of the molecule is Cc1cc2c(c(OC(=O)CCC3CCCCC3)c1C)[C@@H]1C3Cc4c(O)c(C)c5c(c4[C@H](CNC(=O)CCC4CCCCC4)N3[C@@H](C#N)[C@H](C2)N1C)OCO5. The number of aryl methyl sites for hydroxylation is 1. The summed E-state index contributed by atoms with van der Waals surface area (Å²) in [6.07, 6.45) is 16.0. The maximum Gasteiger partial charge on any atom is 0.311 e. The van der Waals surface area contributed by atoms with E-state index in [1.807, 2.05) is 13.8 Å². The zero-order valence-corrected chi connectivity index (χ0v) is 32.7. The lowest BCUT2D eigenvalue weighted by molar-refractivity contribution is -0.135. The number of piperazine rings is 1. The standard InChI is InChI=1S/C44H58N4O6/c1-25-19-30-20-32-34(22-45)48-33(40(47(32)4)38(30)42(26(25)2)54-37(50)18-16-29-13-9-6-10-14-29)21-31-39(44-43(52-24-53-44)27(3)41(31)51)35(48)23-46-36(49)17-15-28-11-7-5-8-12-28/h19,28-29,32-35,40,51H,5-18,20-21,23-24H2,1-4H3,(H,46,49)/t32-,33?,34-,35-,40-/m0/s1. The van der Waals surface area contributed by atoms with Gasteiger partial charge in [0.1, 0.15) is 17.5 Å². The summed E-state index contributed by atoms with van der Waals surface area (Å²) >= 11 is 0. The Kier molecular flexibility index (Phi) is 10.6. The molecule has 1 unspecified atom stereocenters. The highest BCUT2D eigenvalue weighted by Crippen LogP contribution is 2.57. The number of nitrogens with one attached hydrogen (secondary N) is 1.